The van der Waals surface area contributed by atoms with Gasteiger partial charge in [0, 0.05) is 29.4 Å². The molecule has 7 nitrogen and oxygen atoms in total. The van der Waals surface area contributed by atoms with Crippen LogP contribution >= 0.6 is 11.6 Å². The van der Waals surface area contributed by atoms with Crippen LogP contribution < -0.4 is 15.4 Å². The summed E-state index contributed by atoms with van der Waals surface area (Å²) in [7, 11) is -0.000841. The van der Waals surface area contributed by atoms with Gasteiger partial charge in [-0.1, -0.05) is 35.9 Å². The molecule has 1 unspecified atom stereocenters. The number of benzene rings is 3. The van der Waals surface area contributed by atoms with Crippen molar-refractivity contribution in [2.45, 2.75) is 43.5 Å². The van der Waals surface area contributed by atoms with Gasteiger partial charge in [0.25, 0.3) is 0 Å². The highest BCUT2D eigenvalue weighted by molar-refractivity contribution is 7.90. The number of carbonyl (C=O) groups excluding carboxylic acids is 1. The van der Waals surface area contributed by atoms with Crippen LogP contribution in [0.25, 0.3) is 0 Å². The van der Waals surface area contributed by atoms with Crippen LogP contribution in [0.4, 0.5) is 10.5 Å². The number of anilines is 1. The minimum Gasteiger partial charge on any atom is -0.496 e. The van der Waals surface area contributed by atoms with Crippen molar-refractivity contribution in [2.75, 3.05) is 26.0 Å². The van der Waals surface area contributed by atoms with Crippen LogP contribution in [0.1, 0.15) is 40.8 Å². The van der Waals surface area contributed by atoms with Gasteiger partial charge in [-0.2, -0.15) is 0 Å². The molecule has 1 atom stereocenters. The van der Waals surface area contributed by atoms with Crippen molar-refractivity contribution in [1.29, 1.82) is 0 Å². The molecule has 0 aromatic heterocycles. The van der Waals surface area contributed by atoms with Crippen molar-refractivity contribution >= 4 is 33.2 Å². The van der Waals surface area contributed by atoms with Gasteiger partial charge in [0.05, 0.1) is 23.8 Å². The molecule has 1 aliphatic rings. The number of ether oxygens (including phenoxy) is 1. The number of likely N-dealkylation sites (N-methyl/N-ethyl adjacent to an activating group) is 1. The number of fused-ring (bicyclic) bond motifs is 1. The van der Waals surface area contributed by atoms with Crippen LogP contribution in [0.15, 0.2) is 59.5 Å². The maximum absolute atomic E-state index is 13.2. The van der Waals surface area contributed by atoms with Crippen LogP contribution in [0.3, 0.4) is 0 Å². The summed E-state index contributed by atoms with van der Waals surface area (Å²) in [6.07, 6.45) is 0.875. The number of methoxy groups -OCH3 is 1. The predicted molar refractivity (Wildman–Crippen MR) is 147 cm³/mol. The Kier molecular flexibility index (Phi) is 8.11. The Morgan fingerprint density at radius 1 is 1.14 bits per heavy atom. The second kappa shape index (κ2) is 11.1. The van der Waals surface area contributed by atoms with Gasteiger partial charge in [0.1, 0.15) is 5.75 Å². The highest BCUT2D eigenvalue weighted by Gasteiger charge is 2.22. The molecule has 0 radical (unpaired) electrons. The lowest BCUT2D eigenvalue weighted by molar-refractivity contribution is 0.249. The van der Waals surface area contributed by atoms with E-state index in [9.17, 15) is 13.2 Å². The van der Waals surface area contributed by atoms with Gasteiger partial charge in [-0.25, -0.2) is 13.2 Å². The van der Waals surface area contributed by atoms with Gasteiger partial charge in [-0.15, -0.1) is 0 Å². The normalized spacial score (nSPS) is 14.5. The molecule has 9 heteroatoms. The van der Waals surface area contributed by atoms with Crippen LogP contribution in [0.5, 0.6) is 5.75 Å². The zero-order chi connectivity index (χ0) is 26.7. The fourth-order valence-electron chi connectivity index (χ4n) is 4.56. The minimum absolute atomic E-state index is 0.165. The predicted octanol–water partition coefficient (Wildman–Crippen LogP) is 5.50. The summed E-state index contributed by atoms with van der Waals surface area (Å²) in [6, 6.07) is 15.0. The monoisotopic (exact) mass is 541 g/mol. The number of amides is 2. The standard InChI is InChI=1S/C28H32ClN3O4S/c1-18-6-5-7-25(27(18)29)19(2)30-28(33)31-23-8-10-24(11-9-23)37(34,35)17-22-14-20-12-13-32(3)16-21(20)15-26(22)36-4/h5-11,14-15,19H,12-13,16-17H2,1-4H3,(H2,30,31,33). The topological polar surface area (TPSA) is 87.7 Å². The number of hydrogen-bond acceptors (Lipinski definition) is 5. The van der Waals surface area contributed by atoms with Gasteiger partial charge in [-0.3, -0.25) is 0 Å². The van der Waals surface area contributed by atoms with Gasteiger partial charge in [0.15, 0.2) is 9.84 Å². The minimum atomic E-state index is -3.63. The molecular weight excluding hydrogens is 510 g/mol. The van der Waals surface area contributed by atoms with Crippen LogP contribution in [-0.2, 0) is 28.6 Å². The number of nitrogens with zero attached hydrogens (tertiary/aromatic N) is 1. The molecule has 37 heavy (non-hydrogen) atoms. The van der Waals surface area contributed by atoms with Gasteiger partial charge < -0.3 is 20.3 Å². The van der Waals surface area contributed by atoms with E-state index >= 15 is 0 Å². The summed E-state index contributed by atoms with van der Waals surface area (Å²) < 4.78 is 31.9. The van der Waals surface area contributed by atoms with E-state index in [2.05, 4.69) is 22.6 Å². The Morgan fingerprint density at radius 2 is 1.86 bits per heavy atom. The number of sulfone groups is 1. The van der Waals surface area contributed by atoms with Crippen molar-refractivity contribution in [1.82, 2.24) is 10.2 Å². The maximum atomic E-state index is 13.2. The van der Waals surface area contributed by atoms with Crippen LogP contribution in [0.2, 0.25) is 5.02 Å². The van der Waals surface area contributed by atoms with Crippen molar-refractivity contribution in [3.63, 3.8) is 0 Å². The summed E-state index contributed by atoms with van der Waals surface area (Å²) in [6.45, 7) is 5.51. The zero-order valence-electron chi connectivity index (χ0n) is 21.5. The zero-order valence-corrected chi connectivity index (χ0v) is 23.0. The second-order valence-corrected chi connectivity index (χ2v) is 11.9. The first-order valence-electron chi connectivity index (χ1n) is 12.1. The fraction of sp³-hybridized carbons (Fsp3) is 0.321. The summed E-state index contributed by atoms with van der Waals surface area (Å²) in [5, 5.41) is 6.23. The quantitative estimate of drug-likeness (QED) is 0.412. The number of aryl methyl sites for hydroxylation is 1. The SMILES string of the molecule is COc1cc2c(cc1CS(=O)(=O)c1ccc(NC(=O)NC(C)c3cccc(C)c3Cl)cc1)CCN(C)C2. The molecular formula is C28H32ClN3O4S. The van der Waals surface area contributed by atoms with Gasteiger partial charge in [-0.05, 0) is 79.9 Å². The maximum Gasteiger partial charge on any atom is 0.319 e. The molecule has 1 aliphatic heterocycles. The van der Waals surface area contributed by atoms with Crippen molar-refractivity contribution in [3.8, 4) is 5.75 Å². The van der Waals surface area contributed by atoms with E-state index in [-0.39, 0.29) is 16.7 Å². The molecule has 0 fully saturated rings. The summed E-state index contributed by atoms with van der Waals surface area (Å²) in [5.41, 5.74) is 5.22. The van der Waals surface area contributed by atoms with E-state index in [0.717, 1.165) is 36.2 Å². The van der Waals surface area contributed by atoms with E-state index in [1.165, 1.54) is 17.7 Å². The highest BCUT2D eigenvalue weighted by atomic mass is 35.5. The molecule has 3 aromatic rings. The Labute approximate surface area is 223 Å². The molecule has 196 valence electrons. The average molecular weight is 542 g/mol. The Balaban J connectivity index is 1.44. The van der Waals surface area contributed by atoms with Crippen LogP contribution in [0, 0.1) is 6.92 Å². The molecule has 1 heterocycles. The fourth-order valence-corrected chi connectivity index (χ4v) is 6.20. The number of nitrogens with one attached hydrogen (secondary N) is 2. The molecule has 2 N–H and O–H groups in total. The molecule has 0 aliphatic carbocycles. The van der Waals surface area contributed by atoms with E-state index < -0.39 is 15.9 Å². The van der Waals surface area contributed by atoms with Crippen molar-refractivity contribution in [2.24, 2.45) is 0 Å². The van der Waals surface area contributed by atoms with E-state index in [1.54, 1.807) is 19.2 Å². The van der Waals surface area contributed by atoms with Crippen molar-refractivity contribution in [3.05, 3.63) is 87.4 Å². The summed E-state index contributed by atoms with van der Waals surface area (Å²) in [5.74, 6) is 0.414. The lowest BCUT2D eigenvalue weighted by Crippen LogP contribution is -2.31. The smallest absolute Gasteiger partial charge is 0.319 e. The number of halogens is 1. The third kappa shape index (κ3) is 6.26. The molecule has 0 bridgehead atoms. The highest BCUT2D eigenvalue weighted by Crippen LogP contribution is 2.31. The van der Waals surface area contributed by atoms with Gasteiger partial charge >= 0.3 is 6.03 Å². The average Bonchev–Trinajstić information content (AvgIpc) is 2.85. The molecule has 2 amide bonds. The third-order valence-electron chi connectivity index (χ3n) is 6.66. The summed E-state index contributed by atoms with van der Waals surface area (Å²) in [4.78, 5) is 14.9. The van der Waals surface area contributed by atoms with Crippen molar-refractivity contribution < 1.29 is 17.9 Å². The largest absolute Gasteiger partial charge is 0.496 e. The number of hydrogen-bond donors (Lipinski definition) is 2. The number of rotatable bonds is 7. The Bertz CT molecular complexity index is 1410. The molecule has 0 saturated heterocycles. The second-order valence-electron chi connectivity index (χ2n) is 9.50. The number of carbonyl (C=O) groups is 1. The molecule has 0 saturated carbocycles. The molecule has 4 rings (SSSR count). The lowest BCUT2D eigenvalue weighted by atomic mass is 9.97. The Hall–Kier alpha value is -3.07. The van der Waals surface area contributed by atoms with E-state index in [1.807, 2.05) is 44.2 Å². The molecule has 0 spiro atoms. The lowest BCUT2D eigenvalue weighted by Gasteiger charge is -2.26. The van der Waals surface area contributed by atoms with Crippen LogP contribution in [-0.4, -0.2) is 40.1 Å². The Morgan fingerprint density at radius 3 is 2.57 bits per heavy atom. The summed E-state index contributed by atoms with van der Waals surface area (Å²) >= 11 is 6.37. The number of urea groups is 1. The van der Waals surface area contributed by atoms with Gasteiger partial charge in [0.2, 0.25) is 0 Å². The first kappa shape index (κ1) is 27.0. The first-order chi connectivity index (χ1) is 17.6. The first-order valence-corrected chi connectivity index (χ1v) is 14.1. The van der Waals surface area contributed by atoms with E-state index in [4.69, 9.17) is 16.3 Å². The molecule has 3 aromatic carbocycles. The van der Waals surface area contributed by atoms with E-state index in [0.29, 0.717) is 22.0 Å². The third-order valence-corrected chi connectivity index (χ3v) is 8.86.